The summed E-state index contributed by atoms with van der Waals surface area (Å²) in [5.41, 5.74) is 1.56. The fraction of sp³-hybridized carbons (Fsp3) is 0.471. The zero-order chi connectivity index (χ0) is 15.0. The highest BCUT2D eigenvalue weighted by Gasteiger charge is 2.24. The van der Waals surface area contributed by atoms with Crippen molar-refractivity contribution in [2.45, 2.75) is 51.2 Å². The van der Waals surface area contributed by atoms with Gasteiger partial charge in [0.25, 0.3) is 0 Å². The van der Waals surface area contributed by atoms with E-state index >= 15 is 0 Å². The third kappa shape index (κ3) is 3.44. The number of aromatic nitrogens is 1. The van der Waals surface area contributed by atoms with Crippen LogP contribution in [-0.4, -0.2) is 16.2 Å². The molecule has 1 saturated carbocycles. The molecule has 1 atom stereocenters. The summed E-state index contributed by atoms with van der Waals surface area (Å²) < 4.78 is 5.78. The monoisotopic (exact) mass is 303 g/mol. The zero-order valence-corrected chi connectivity index (χ0v) is 13.5. The van der Waals surface area contributed by atoms with Crippen molar-refractivity contribution in [3.05, 3.63) is 45.9 Å². The summed E-state index contributed by atoms with van der Waals surface area (Å²) in [4.78, 5) is 4.59. The third-order valence-electron chi connectivity index (χ3n) is 3.44. The van der Waals surface area contributed by atoms with E-state index in [1.165, 1.54) is 0 Å². The number of benzene rings is 1. The minimum Gasteiger partial charge on any atom is -0.490 e. The molecule has 0 bridgehead atoms. The largest absolute Gasteiger partial charge is 0.490 e. The second-order valence-electron chi connectivity index (χ2n) is 6.62. The lowest BCUT2D eigenvalue weighted by molar-refractivity contribution is 0.214. The number of ether oxygens (including phenoxy) is 1. The maximum absolute atomic E-state index is 10.5. The summed E-state index contributed by atoms with van der Waals surface area (Å²) in [5.74, 6) is 0.834. The molecule has 1 aromatic carbocycles. The molecule has 1 heterocycles. The van der Waals surface area contributed by atoms with Crippen LogP contribution in [-0.2, 0) is 5.41 Å². The highest BCUT2D eigenvalue weighted by Crippen LogP contribution is 2.32. The lowest BCUT2D eigenvalue weighted by Crippen LogP contribution is -2.11. The van der Waals surface area contributed by atoms with E-state index in [-0.39, 0.29) is 5.41 Å². The Balaban J connectivity index is 1.80. The Morgan fingerprint density at radius 3 is 2.71 bits per heavy atom. The topological polar surface area (TPSA) is 42.4 Å². The fourth-order valence-corrected chi connectivity index (χ4v) is 2.99. The van der Waals surface area contributed by atoms with E-state index in [1.54, 1.807) is 11.3 Å². The molecule has 2 aromatic rings. The summed E-state index contributed by atoms with van der Waals surface area (Å²) in [7, 11) is 0. The number of thiazole rings is 1. The minimum atomic E-state index is -0.694. The normalized spacial score (nSPS) is 16.8. The van der Waals surface area contributed by atoms with Crippen LogP contribution in [0.2, 0.25) is 0 Å². The van der Waals surface area contributed by atoms with Crippen molar-refractivity contribution in [2.75, 3.05) is 0 Å². The van der Waals surface area contributed by atoms with E-state index in [0.717, 1.165) is 29.2 Å². The molecule has 1 unspecified atom stereocenters. The lowest BCUT2D eigenvalue weighted by Gasteiger charge is -2.14. The molecule has 21 heavy (non-hydrogen) atoms. The number of aliphatic hydroxyl groups excluding tert-OH is 1. The van der Waals surface area contributed by atoms with Crippen LogP contribution in [0.4, 0.5) is 0 Å². The quantitative estimate of drug-likeness (QED) is 0.926. The van der Waals surface area contributed by atoms with Crippen LogP contribution in [0.3, 0.4) is 0 Å². The molecule has 4 heteroatoms. The molecule has 0 radical (unpaired) electrons. The number of hydrogen-bond donors (Lipinski definition) is 1. The summed E-state index contributed by atoms with van der Waals surface area (Å²) in [6.45, 7) is 6.39. The van der Waals surface area contributed by atoms with Gasteiger partial charge in [0.1, 0.15) is 11.9 Å². The van der Waals surface area contributed by atoms with Gasteiger partial charge in [-0.15, -0.1) is 11.3 Å². The van der Waals surface area contributed by atoms with Crippen molar-refractivity contribution in [3.8, 4) is 5.75 Å². The first-order valence-corrected chi connectivity index (χ1v) is 8.22. The Kier molecular flexibility index (Phi) is 3.76. The van der Waals surface area contributed by atoms with Gasteiger partial charge in [-0.05, 0) is 30.5 Å². The summed E-state index contributed by atoms with van der Waals surface area (Å²) in [5, 5.41) is 13.5. The molecule has 3 nitrogen and oxygen atoms in total. The second kappa shape index (κ2) is 5.43. The number of hydrogen-bond acceptors (Lipinski definition) is 4. The van der Waals surface area contributed by atoms with Crippen LogP contribution in [0, 0.1) is 0 Å². The average Bonchev–Trinajstić information content (AvgIpc) is 3.09. The van der Waals surface area contributed by atoms with Crippen molar-refractivity contribution >= 4 is 11.3 Å². The molecule has 0 amide bonds. The Morgan fingerprint density at radius 1 is 1.33 bits per heavy atom. The Labute approximate surface area is 129 Å². The van der Waals surface area contributed by atoms with Crippen molar-refractivity contribution in [1.29, 1.82) is 0 Å². The van der Waals surface area contributed by atoms with E-state index < -0.39 is 6.10 Å². The molecule has 0 spiro atoms. The van der Waals surface area contributed by atoms with Gasteiger partial charge in [-0.1, -0.05) is 32.9 Å². The molecule has 1 aromatic heterocycles. The molecule has 1 fully saturated rings. The second-order valence-corrected chi connectivity index (χ2v) is 7.48. The van der Waals surface area contributed by atoms with Crippen LogP contribution < -0.4 is 4.74 Å². The number of nitrogens with zero attached hydrogens (tertiary/aromatic N) is 1. The van der Waals surface area contributed by atoms with Crippen molar-refractivity contribution in [1.82, 2.24) is 4.98 Å². The summed E-state index contributed by atoms with van der Waals surface area (Å²) in [6.07, 6.45) is 1.94. The maximum Gasteiger partial charge on any atom is 0.122 e. The maximum atomic E-state index is 10.5. The number of rotatable bonds is 4. The van der Waals surface area contributed by atoms with Gasteiger partial charge in [0, 0.05) is 10.8 Å². The first kappa shape index (κ1) is 14.5. The van der Waals surface area contributed by atoms with E-state index in [2.05, 4.69) is 25.8 Å². The van der Waals surface area contributed by atoms with E-state index in [4.69, 9.17) is 4.74 Å². The predicted octanol–water partition coefficient (Wildman–Crippen LogP) is 4.06. The van der Waals surface area contributed by atoms with Crippen LogP contribution in [0.25, 0.3) is 0 Å². The summed E-state index contributed by atoms with van der Waals surface area (Å²) >= 11 is 1.60. The van der Waals surface area contributed by atoms with Gasteiger partial charge in [0.2, 0.25) is 0 Å². The van der Waals surface area contributed by atoms with E-state index in [9.17, 15) is 5.11 Å². The van der Waals surface area contributed by atoms with Gasteiger partial charge in [-0.2, -0.15) is 0 Å². The van der Waals surface area contributed by atoms with Gasteiger partial charge >= 0.3 is 0 Å². The Hall–Kier alpha value is -1.39. The van der Waals surface area contributed by atoms with E-state index in [0.29, 0.717) is 11.8 Å². The Bertz CT molecular complexity index is 626. The fourth-order valence-electron chi connectivity index (χ4n) is 2.06. The van der Waals surface area contributed by atoms with Crippen LogP contribution >= 0.6 is 11.3 Å². The molecule has 112 valence electrons. The van der Waals surface area contributed by atoms with E-state index in [1.807, 2.05) is 29.6 Å². The van der Waals surface area contributed by atoms with Crippen LogP contribution in [0.5, 0.6) is 5.75 Å². The smallest absolute Gasteiger partial charge is 0.122 e. The van der Waals surface area contributed by atoms with Gasteiger partial charge in [0.05, 0.1) is 16.8 Å². The molecule has 0 aliphatic heterocycles. The van der Waals surface area contributed by atoms with Gasteiger partial charge < -0.3 is 9.84 Å². The first-order chi connectivity index (χ1) is 9.93. The molecule has 1 N–H and O–H groups in total. The predicted molar refractivity (Wildman–Crippen MR) is 85.0 cm³/mol. The zero-order valence-electron chi connectivity index (χ0n) is 12.7. The van der Waals surface area contributed by atoms with Gasteiger partial charge in [-0.25, -0.2) is 4.98 Å². The van der Waals surface area contributed by atoms with Gasteiger partial charge in [0.15, 0.2) is 0 Å². The standard InChI is InChI=1S/C17H21NO2S/c1-17(2,3)16-18-14(10-21-16)15(19)11-5-4-6-13(9-11)20-12-7-8-12/h4-6,9-10,12,15,19H,7-8H2,1-3H3. The molecular weight excluding hydrogens is 282 g/mol. The number of aliphatic hydroxyl groups is 1. The SMILES string of the molecule is CC(C)(C)c1nc(C(O)c2cccc(OC3CC3)c2)cs1. The molecular formula is C17H21NO2S. The van der Waals surface area contributed by atoms with Crippen molar-refractivity contribution in [3.63, 3.8) is 0 Å². The molecule has 3 rings (SSSR count). The molecule has 1 aliphatic carbocycles. The molecule has 1 aliphatic rings. The van der Waals surface area contributed by atoms with Crippen molar-refractivity contribution < 1.29 is 9.84 Å². The van der Waals surface area contributed by atoms with Crippen LogP contribution in [0.15, 0.2) is 29.6 Å². The highest BCUT2D eigenvalue weighted by molar-refractivity contribution is 7.09. The van der Waals surface area contributed by atoms with Gasteiger partial charge in [-0.3, -0.25) is 0 Å². The average molecular weight is 303 g/mol. The minimum absolute atomic E-state index is 0.0135. The first-order valence-electron chi connectivity index (χ1n) is 7.34. The molecule has 0 saturated heterocycles. The highest BCUT2D eigenvalue weighted by atomic mass is 32.1. The third-order valence-corrected chi connectivity index (χ3v) is 4.73. The summed E-state index contributed by atoms with van der Waals surface area (Å²) in [6, 6.07) is 7.70. The lowest BCUT2D eigenvalue weighted by atomic mass is 9.98. The van der Waals surface area contributed by atoms with Crippen molar-refractivity contribution in [2.24, 2.45) is 0 Å². The Morgan fingerprint density at radius 2 is 2.10 bits per heavy atom. The van der Waals surface area contributed by atoms with Crippen LogP contribution in [0.1, 0.15) is 56.0 Å².